The summed E-state index contributed by atoms with van der Waals surface area (Å²) in [7, 11) is 0. The van der Waals surface area contributed by atoms with Crippen LogP contribution in [0, 0.1) is 11.3 Å². The summed E-state index contributed by atoms with van der Waals surface area (Å²) in [4.78, 5) is 10.5. The third-order valence-corrected chi connectivity index (χ3v) is 10.00. The van der Waals surface area contributed by atoms with E-state index in [9.17, 15) is 5.26 Å². The molecule has 8 bridgehead atoms. The van der Waals surface area contributed by atoms with Gasteiger partial charge in [-0.15, -0.1) is 0 Å². The van der Waals surface area contributed by atoms with Gasteiger partial charge < -0.3 is 0 Å². The zero-order valence-electron chi connectivity index (χ0n) is 25.9. The lowest BCUT2D eigenvalue weighted by molar-refractivity contribution is 0.655. The monoisotopic (exact) mass is 599 g/mol. The quantitative estimate of drug-likeness (QED) is 0.199. The molecular weight excluding hydrogens is 571 g/mol. The van der Waals surface area contributed by atoms with Crippen LogP contribution in [0.5, 0.6) is 0 Å². The first-order valence-electron chi connectivity index (χ1n) is 16.0. The topological polar surface area (TPSA) is 49.6 Å². The lowest BCUT2D eigenvalue weighted by atomic mass is 9.62. The molecule has 7 aromatic rings. The molecule has 2 aliphatic heterocycles. The van der Waals surface area contributed by atoms with E-state index in [0.717, 1.165) is 67.9 Å². The Bertz CT molecular complexity index is 2420. The minimum absolute atomic E-state index is 0.540. The zero-order chi connectivity index (χ0) is 31.5. The molecular formula is C44H29N3. The largest absolute Gasteiger partial charge is 0.228 e. The molecule has 1 atom stereocenters. The van der Waals surface area contributed by atoms with Gasteiger partial charge in [0.05, 0.1) is 23.0 Å². The number of aromatic nitrogens is 2. The van der Waals surface area contributed by atoms with E-state index >= 15 is 0 Å². The van der Waals surface area contributed by atoms with Crippen molar-refractivity contribution in [2.45, 2.75) is 18.8 Å². The molecule has 0 fully saturated rings. The molecule has 3 heterocycles. The second-order valence-electron chi connectivity index (χ2n) is 12.7. The fourth-order valence-corrected chi connectivity index (χ4v) is 7.74. The number of rotatable bonds is 2. The molecule has 10 rings (SSSR count). The summed E-state index contributed by atoms with van der Waals surface area (Å²) in [5.74, 6) is 0.676. The van der Waals surface area contributed by atoms with E-state index < -0.39 is 5.41 Å². The van der Waals surface area contributed by atoms with Gasteiger partial charge in [0, 0.05) is 22.1 Å². The summed E-state index contributed by atoms with van der Waals surface area (Å²) in [6.07, 6.45) is 0.779. The van der Waals surface area contributed by atoms with Gasteiger partial charge in [0.1, 0.15) is 0 Å². The molecule has 3 aliphatic rings. The van der Waals surface area contributed by atoms with Crippen molar-refractivity contribution >= 4 is 0 Å². The lowest BCUT2D eigenvalue weighted by Gasteiger charge is -2.40. The Hall–Kier alpha value is -6.11. The molecule has 0 saturated heterocycles. The van der Waals surface area contributed by atoms with Crippen LogP contribution in [0.25, 0.3) is 56.2 Å². The molecule has 1 aliphatic carbocycles. The third-order valence-electron chi connectivity index (χ3n) is 10.00. The van der Waals surface area contributed by atoms with Gasteiger partial charge in [0.15, 0.2) is 5.82 Å². The molecule has 6 aromatic carbocycles. The molecule has 1 unspecified atom stereocenters. The minimum Gasteiger partial charge on any atom is -0.228 e. The normalized spacial score (nSPS) is 15.3. The van der Waals surface area contributed by atoms with Gasteiger partial charge in [-0.25, -0.2) is 9.97 Å². The Labute approximate surface area is 274 Å². The fourth-order valence-electron chi connectivity index (χ4n) is 7.74. The van der Waals surface area contributed by atoms with Crippen LogP contribution in [0.1, 0.15) is 40.3 Å². The summed E-state index contributed by atoms with van der Waals surface area (Å²) in [6.45, 7) is 2.27. The molecule has 47 heavy (non-hydrogen) atoms. The zero-order valence-corrected chi connectivity index (χ0v) is 25.9. The van der Waals surface area contributed by atoms with E-state index in [2.05, 4.69) is 140 Å². The average molecular weight is 600 g/mol. The average Bonchev–Trinajstić information content (AvgIpc) is 3.14. The van der Waals surface area contributed by atoms with E-state index in [1.165, 1.54) is 22.3 Å². The smallest absolute Gasteiger partial charge is 0.160 e. The highest BCUT2D eigenvalue weighted by molar-refractivity contribution is 5.85. The second kappa shape index (κ2) is 10.5. The van der Waals surface area contributed by atoms with Crippen molar-refractivity contribution in [1.29, 1.82) is 5.26 Å². The van der Waals surface area contributed by atoms with Crippen molar-refractivity contribution in [3.05, 3.63) is 179 Å². The van der Waals surface area contributed by atoms with Gasteiger partial charge >= 0.3 is 0 Å². The molecule has 0 N–H and O–H groups in total. The maximum absolute atomic E-state index is 10.3. The van der Waals surface area contributed by atoms with Crippen LogP contribution in [0.2, 0.25) is 0 Å². The first-order valence-corrected chi connectivity index (χ1v) is 16.0. The predicted octanol–water partition coefficient (Wildman–Crippen LogP) is 10.3. The van der Waals surface area contributed by atoms with Crippen molar-refractivity contribution in [3.8, 4) is 62.2 Å². The van der Waals surface area contributed by atoms with Gasteiger partial charge in [-0.3, -0.25) is 0 Å². The van der Waals surface area contributed by atoms with Crippen LogP contribution in [0.15, 0.2) is 146 Å². The lowest BCUT2D eigenvalue weighted by Crippen LogP contribution is -2.33. The van der Waals surface area contributed by atoms with Crippen LogP contribution < -0.4 is 0 Å². The van der Waals surface area contributed by atoms with E-state index in [0.29, 0.717) is 5.82 Å². The molecule has 1 aromatic heterocycles. The molecule has 0 spiro atoms. The second-order valence-corrected chi connectivity index (χ2v) is 12.7. The molecule has 0 amide bonds. The third kappa shape index (κ3) is 4.26. The maximum Gasteiger partial charge on any atom is 0.160 e. The molecule has 220 valence electrons. The highest BCUT2D eigenvalue weighted by Crippen LogP contribution is 2.49. The Morgan fingerprint density at radius 3 is 2.15 bits per heavy atom. The van der Waals surface area contributed by atoms with Gasteiger partial charge in [-0.1, -0.05) is 121 Å². The van der Waals surface area contributed by atoms with Crippen molar-refractivity contribution in [1.82, 2.24) is 9.97 Å². The van der Waals surface area contributed by atoms with Gasteiger partial charge in [0.2, 0.25) is 0 Å². The fraction of sp³-hybridized carbons (Fsp3) is 0.0682. The van der Waals surface area contributed by atoms with Crippen molar-refractivity contribution in [2.75, 3.05) is 0 Å². The van der Waals surface area contributed by atoms with E-state index in [4.69, 9.17) is 9.97 Å². The standard InChI is InChI=1S/C44H29N3/c1-44-36-17-9-15-33(25-36)43-46-40(31-13-7-12-29(22-31)28-10-3-2-4-11-28)26-41(47-43)38-19-6-5-18-37(38)30-20-21-39(44)35(23-30)24-32-14-8-16-34(27-45)42(32)44/h2-23,25-26H,24H2,1H3. The van der Waals surface area contributed by atoms with Gasteiger partial charge in [-0.2, -0.15) is 5.26 Å². The Balaban J connectivity index is 1.35. The summed E-state index contributed by atoms with van der Waals surface area (Å²) in [6, 6.07) is 53.9. The van der Waals surface area contributed by atoms with Gasteiger partial charge in [0.25, 0.3) is 0 Å². The SMILES string of the molecule is CC12c3cccc(c3)-c3nc(-c4cccc(-c5ccccc5)c4)cc(n3)-c3ccccc3-c3ccc1c(c3)Cc1cccc(C#N)c12. The number of fused-ring (bicyclic) bond motifs is 2. The number of nitrogens with zero attached hydrogens (tertiary/aromatic N) is 3. The molecule has 3 heteroatoms. The maximum atomic E-state index is 10.3. The summed E-state index contributed by atoms with van der Waals surface area (Å²) in [5.41, 5.74) is 15.5. The van der Waals surface area contributed by atoms with Crippen LogP contribution in [-0.2, 0) is 11.8 Å². The minimum atomic E-state index is -0.540. The Morgan fingerprint density at radius 2 is 1.28 bits per heavy atom. The van der Waals surface area contributed by atoms with E-state index in [1.807, 2.05) is 18.2 Å². The van der Waals surface area contributed by atoms with Crippen LogP contribution in [0.3, 0.4) is 0 Å². The first kappa shape index (κ1) is 27.2. The number of hydrogen-bond donors (Lipinski definition) is 0. The number of benzene rings is 6. The molecule has 0 radical (unpaired) electrons. The highest BCUT2D eigenvalue weighted by Gasteiger charge is 2.40. The van der Waals surface area contributed by atoms with Crippen molar-refractivity contribution < 1.29 is 0 Å². The van der Waals surface area contributed by atoms with E-state index in [-0.39, 0.29) is 0 Å². The predicted molar refractivity (Wildman–Crippen MR) is 189 cm³/mol. The molecule has 0 saturated carbocycles. The highest BCUT2D eigenvalue weighted by atomic mass is 14.9. The Kier molecular flexibility index (Phi) is 6.07. The first-order chi connectivity index (χ1) is 23.1. The number of nitriles is 1. The number of hydrogen-bond acceptors (Lipinski definition) is 3. The van der Waals surface area contributed by atoms with Gasteiger partial charge in [-0.05, 0) is 87.7 Å². The molecule has 3 nitrogen and oxygen atoms in total. The Morgan fingerprint density at radius 1 is 0.553 bits per heavy atom. The summed E-state index contributed by atoms with van der Waals surface area (Å²) in [5, 5.41) is 10.3. The van der Waals surface area contributed by atoms with Crippen molar-refractivity contribution in [2.24, 2.45) is 0 Å². The van der Waals surface area contributed by atoms with Crippen LogP contribution in [-0.4, -0.2) is 9.97 Å². The van der Waals surface area contributed by atoms with Crippen molar-refractivity contribution in [3.63, 3.8) is 0 Å². The van der Waals surface area contributed by atoms with Crippen LogP contribution in [0.4, 0.5) is 0 Å². The summed E-state index contributed by atoms with van der Waals surface area (Å²) < 4.78 is 0. The van der Waals surface area contributed by atoms with Crippen LogP contribution >= 0.6 is 0 Å². The van der Waals surface area contributed by atoms with E-state index in [1.54, 1.807) is 0 Å². The summed E-state index contributed by atoms with van der Waals surface area (Å²) >= 11 is 0.